The molecule has 1 aromatic rings. The van der Waals surface area contributed by atoms with E-state index in [1.165, 1.54) is 7.11 Å². The van der Waals surface area contributed by atoms with Crippen LogP contribution >= 0.6 is 0 Å². The zero-order chi connectivity index (χ0) is 15.2. The molecule has 6 heteroatoms. The highest BCUT2D eigenvalue weighted by Crippen LogP contribution is 2.15. The third-order valence-electron chi connectivity index (χ3n) is 3.59. The average molecular weight is 291 g/mol. The Bertz CT molecular complexity index is 519. The molecule has 21 heavy (non-hydrogen) atoms. The van der Waals surface area contributed by atoms with Crippen LogP contribution in [0.5, 0.6) is 0 Å². The summed E-state index contributed by atoms with van der Waals surface area (Å²) in [4.78, 5) is 25.4. The van der Waals surface area contributed by atoms with Gasteiger partial charge in [-0.05, 0) is 37.1 Å². The van der Waals surface area contributed by atoms with E-state index in [-0.39, 0.29) is 11.9 Å². The fraction of sp³-hybridized carbons (Fsp3) is 0.467. The van der Waals surface area contributed by atoms with Gasteiger partial charge >= 0.3 is 6.09 Å². The molecule has 1 aliphatic rings. The van der Waals surface area contributed by atoms with Crippen molar-refractivity contribution in [3.63, 3.8) is 0 Å². The molecule has 0 radical (unpaired) electrons. The molecule has 3 N–H and O–H groups in total. The van der Waals surface area contributed by atoms with Crippen molar-refractivity contribution in [2.24, 2.45) is 5.73 Å². The van der Waals surface area contributed by atoms with Crippen molar-refractivity contribution in [1.29, 1.82) is 0 Å². The highest BCUT2D eigenvalue weighted by Gasteiger charge is 2.28. The van der Waals surface area contributed by atoms with Crippen molar-refractivity contribution in [2.45, 2.75) is 18.9 Å². The lowest BCUT2D eigenvalue weighted by atomic mass is 10.1. The van der Waals surface area contributed by atoms with Crippen molar-refractivity contribution >= 4 is 12.0 Å². The second kappa shape index (κ2) is 7.08. The van der Waals surface area contributed by atoms with Gasteiger partial charge in [0.15, 0.2) is 0 Å². The van der Waals surface area contributed by atoms with Gasteiger partial charge in [-0.1, -0.05) is 12.1 Å². The highest BCUT2D eigenvalue weighted by atomic mass is 16.5. The Morgan fingerprint density at radius 3 is 3.00 bits per heavy atom. The van der Waals surface area contributed by atoms with Crippen molar-refractivity contribution in [3.8, 4) is 0 Å². The van der Waals surface area contributed by atoms with E-state index in [2.05, 4.69) is 10.1 Å². The first-order valence-corrected chi connectivity index (χ1v) is 7.07. The highest BCUT2D eigenvalue weighted by molar-refractivity contribution is 5.94. The molecule has 0 spiro atoms. The van der Waals surface area contributed by atoms with Crippen molar-refractivity contribution in [2.75, 3.05) is 26.7 Å². The number of benzene rings is 1. The maximum absolute atomic E-state index is 12.5. The molecule has 0 aliphatic carbocycles. The van der Waals surface area contributed by atoms with Crippen molar-refractivity contribution in [3.05, 3.63) is 35.4 Å². The number of nitrogens with one attached hydrogen (secondary N) is 1. The molecule has 1 aliphatic heterocycles. The molecule has 114 valence electrons. The fourth-order valence-electron chi connectivity index (χ4n) is 2.50. The molecule has 1 heterocycles. The monoisotopic (exact) mass is 291 g/mol. The number of nitrogens with two attached hydrogens (primary N) is 1. The third-order valence-corrected chi connectivity index (χ3v) is 3.59. The Labute approximate surface area is 124 Å². The molecule has 2 rings (SSSR count). The Balaban J connectivity index is 1.98. The van der Waals surface area contributed by atoms with Crippen LogP contribution in [0, 0.1) is 0 Å². The SMILES string of the molecule is COC(=O)NC1CCN(C(=O)c2cccc(CCN)c2)C1. The second-order valence-corrected chi connectivity index (χ2v) is 5.11. The molecule has 0 bridgehead atoms. The number of likely N-dealkylation sites (tertiary alicyclic amines) is 1. The summed E-state index contributed by atoms with van der Waals surface area (Å²) < 4.78 is 4.57. The number of ether oxygens (including phenoxy) is 1. The summed E-state index contributed by atoms with van der Waals surface area (Å²) in [6.07, 6.45) is 1.04. The van der Waals surface area contributed by atoms with Gasteiger partial charge in [-0.2, -0.15) is 0 Å². The minimum Gasteiger partial charge on any atom is -0.453 e. The van der Waals surface area contributed by atoms with Crippen LogP contribution in [0.4, 0.5) is 4.79 Å². The smallest absolute Gasteiger partial charge is 0.407 e. The summed E-state index contributed by atoms with van der Waals surface area (Å²) in [7, 11) is 1.33. The maximum atomic E-state index is 12.5. The summed E-state index contributed by atoms with van der Waals surface area (Å²) in [6.45, 7) is 1.70. The first kappa shape index (κ1) is 15.3. The van der Waals surface area contributed by atoms with Gasteiger partial charge in [-0.25, -0.2) is 4.79 Å². The molecule has 6 nitrogen and oxygen atoms in total. The number of carbonyl (C=O) groups excluding carboxylic acids is 2. The van der Waals surface area contributed by atoms with E-state index >= 15 is 0 Å². The Hall–Kier alpha value is -2.08. The minimum atomic E-state index is -0.459. The first-order chi connectivity index (χ1) is 10.1. The molecule has 2 amide bonds. The summed E-state index contributed by atoms with van der Waals surface area (Å²) in [5.41, 5.74) is 7.27. The number of rotatable bonds is 4. The quantitative estimate of drug-likeness (QED) is 0.857. The van der Waals surface area contributed by atoms with Crippen molar-refractivity contribution in [1.82, 2.24) is 10.2 Å². The minimum absolute atomic E-state index is 0.0111. The van der Waals surface area contributed by atoms with Crippen LogP contribution in [0.2, 0.25) is 0 Å². The van der Waals surface area contributed by atoms with Gasteiger partial charge in [0.05, 0.1) is 13.2 Å². The van der Waals surface area contributed by atoms with Gasteiger partial charge in [-0.15, -0.1) is 0 Å². The lowest BCUT2D eigenvalue weighted by molar-refractivity contribution is 0.0788. The van der Waals surface area contributed by atoms with E-state index in [0.29, 0.717) is 25.2 Å². The van der Waals surface area contributed by atoms with Crippen LogP contribution in [-0.4, -0.2) is 49.7 Å². The fourth-order valence-corrected chi connectivity index (χ4v) is 2.50. The van der Waals surface area contributed by atoms with E-state index in [0.717, 1.165) is 18.4 Å². The Morgan fingerprint density at radius 2 is 2.29 bits per heavy atom. The number of alkyl carbamates (subject to hydrolysis) is 1. The molecule has 1 atom stereocenters. The maximum Gasteiger partial charge on any atom is 0.407 e. The van der Waals surface area contributed by atoms with Crippen molar-refractivity contribution < 1.29 is 14.3 Å². The largest absolute Gasteiger partial charge is 0.453 e. The topological polar surface area (TPSA) is 84.7 Å². The third kappa shape index (κ3) is 3.95. The molecule has 0 saturated carbocycles. The molecule has 1 saturated heterocycles. The molecule has 1 aromatic carbocycles. The van der Waals surface area contributed by atoms with Gasteiger partial charge in [0.25, 0.3) is 5.91 Å². The molecular weight excluding hydrogens is 270 g/mol. The number of methoxy groups -OCH3 is 1. The molecular formula is C15H21N3O3. The second-order valence-electron chi connectivity index (χ2n) is 5.11. The number of amides is 2. The molecule has 1 fully saturated rings. The zero-order valence-corrected chi connectivity index (χ0v) is 12.2. The number of carbonyl (C=O) groups is 2. The predicted octanol–water partition coefficient (Wildman–Crippen LogP) is 0.758. The van der Waals surface area contributed by atoms with Gasteiger partial charge in [0.2, 0.25) is 0 Å². The van der Waals surface area contributed by atoms with E-state index in [1.54, 1.807) is 4.90 Å². The molecule has 1 unspecified atom stereocenters. The van der Waals surface area contributed by atoms with Gasteiger partial charge < -0.3 is 20.7 Å². The summed E-state index contributed by atoms with van der Waals surface area (Å²) in [6, 6.07) is 7.49. The predicted molar refractivity (Wildman–Crippen MR) is 79.0 cm³/mol. The number of hydrogen-bond acceptors (Lipinski definition) is 4. The lowest BCUT2D eigenvalue weighted by Gasteiger charge is -2.17. The molecule has 0 aromatic heterocycles. The first-order valence-electron chi connectivity index (χ1n) is 7.07. The summed E-state index contributed by atoms with van der Waals surface area (Å²) in [5, 5.41) is 2.72. The van der Waals surface area contributed by atoms with E-state index in [4.69, 9.17) is 5.73 Å². The van der Waals surface area contributed by atoms with Crippen LogP contribution in [0.25, 0.3) is 0 Å². The Kier molecular flexibility index (Phi) is 5.16. The van der Waals surface area contributed by atoms with E-state index in [1.807, 2.05) is 24.3 Å². The lowest BCUT2D eigenvalue weighted by Crippen LogP contribution is -2.38. The van der Waals surface area contributed by atoms with Crippen LogP contribution in [-0.2, 0) is 11.2 Å². The number of hydrogen-bond donors (Lipinski definition) is 2. The van der Waals surface area contributed by atoms with Gasteiger partial charge in [0, 0.05) is 18.7 Å². The summed E-state index contributed by atoms with van der Waals surface area (Å²) in [5.74, 6) is -0.0111. The Morgan fingerprint density at radius 1 is 1.48 bits per heavy atom. The van der Waals surface area contributed by atoms with Gasteiger partial charge in [-0.3, -0.25) is 4.79 Å². The summed E-state index contributed by atoms with van der Waals surface area (Å²) >= 11 is 0. The number of nitrogens with zero attached hydrogens (tertiary/aromatic N) is 1. The van der Waals surface area contributed by atoms with E-state index in [9.17, 15) is 9.59 Å². The van der Waals surface area contributed by atoms with Crippen LogP contribution in [0.15, 0.2) is 24.3 Å². The average Bonchev–Trinajstić information content (AvgIpc) is 2.95. The normalized spacial score (nSPS) is 17.6. The van der Waals surface area contributed by atoms with Crippen LogP contribution in [0.3, 0.4) is 0 Å². The van der Waals surface area contributed by atoms with Crippen LogP contribution in [0.1, 0.15) is 22.3 Å². The van der Waals surface area contributed by atoms with Crippen LogP contribution < -0.4 is 11.1 Å². The standard InChI is InChI=1S/C15H21N3O3/c1-21-15(20)17-13-6-8-18(10-13)14(19)12-4-2-3-11(9-12)5-7-16/h2-4,9,13H,5-8,10,16H2,1H3,(H,17,20). The van der Waals surface area contributed by atoms with E-state index < -0.39 is 6.09 Å². The van der Waals surface area contributed by atoms with Gasteiger partial charge in [0.1, 0.15) is 0 Å². The zero-order valence-electron chi connectivity index (χ0n) is 12.2.